The average molecular weight is 424 g/mol. The minimum atomic E-state index is -0.692. The molecule has 158 valence electrons. The molecule has 0 radical (unpaired) electrons. The van der Waals surface area contributed by atoms with Gasteiger partial charge < -0.3 is 18.6 Å². The molecule has 0 N–H and O–H groups in total. The number of fused-ring (bicyclic) bond motifs is 1. The first-order valence-corrected chi connectivity index (χ1v) is 9.41. The van der Waals surface area contributed by atoms with Crippen molar-refractivity contribution in [1.29, 1.82) is 0 Å². The fourth-order valence-corrected chi connectivity index (χ4v) is 3.08. The number of ether oxygens (including phenoxy) is 3. The summed E-state index contributed by atoms with van der Waals surface area (Å²) in [6.45, 7) is 1.31. The molecule has 4 rings (SSSR count). The van der Waals surface area contributed by atoms with Crippen LogP contribution in [0.3, 0.4) is 0 Å². The van der Waals surface area contributed by atoms with Crippen LogP contribution in [-0.4, -0.2) is 7.11 Å². The zero-order chi connectivity index (χ0) is 22.0. The van der Waals surface area contributed by atoms with Crippen molar-refractivity contribution >= 4 is 11.0 Å². The van der Waals surface area contributed by atoms with Crippen molar-refractivity contribution in [2.24, 2.45) is 0 Å². The van der Waals surface area contributed by atoms with Crippen molar-refractivity contribution in [3.63, 3.8) is 0 Å². The summed E-state index contributed by atoms with van der Waals surface area (Å²) in [6, 6.07) is 15.0. The predicted octanol–water partition coefficient (Wildman–Crippen LogP) is 5.76. The van der Waals surface area contributed by atoms with Crippen LogP contribution in [0.2, 0.25) is 0 Å². The lowest BCUT2D eigenvalue weighted by molar-refractivity contribution is 0.292. The third-order valence-electron chi connectivity index (χ3n) is 4.69. The molecule has 4 aromatic rings. The van der Waals surface area contributed by atoms with Gasteiger partial charge in [-0.1, -0.05) is 12.1 Å². The van der Waals surface area contributed by atoms with Crippen molar-refractivity contribution in [2.45, 2.75) is 13.5 Å². The van der Waals surface area contributed by atoms with Gasteiger partial charge >= 0.3 is 0 Å². The molecule has 0 spiro atoms. The number of hydrogen-bond donors (Lipinski definition) is 0. The quantitative estimate of drug-likeness (QED) is 0.394. The molecule has 7 heteroatoms. The molecular weight excluding hydrogens is 406 g/mol. The van der Waals surface area contributed by atoms with Gasteiger partial charge in [0.25, 0.3) is 0 Å². The lowest BCUT2D eigenvalue weighted by Crippen LogP contribution is -2.08. The van der Waals surface area contributed by atoms with Gasteiger partial charge in [-0.05, 0) is 43.3 Å². The van der Waals surface area contributed by atoms with Crippen LogP contribution in [0, 0.1) is 18.6 Å². The lowest BCUT2D eigenvalue weighted by atomic mass is 10.2. The topological polar surface area (TPSA) is 57.9 Å². The molecule has 0 aliphatic rings. The van der Waals surface area contributed by atoms with Crippen LogP contribution < -0.4 is 19.6 Å². The second kappa shape index (κ2) is 8.47. The smallest absolute Gasteiger partial charge is 0.235 e. The third kappa shape index (κ3) is 4.21. The van der Waals surface area contributed by atoms with Crippen LogP contribution >= 0.6 is 0 Å². The first kappa shape index (κ1) is 20.4. The van der Waals surface area contributed by atoms with Crippen molar-refractivity contribution in [3.05, 3.63) is 93.8 Å². The van der Waals surface area contributed by atoms with E-state index in [1.165, 1.54) is 31.4 Å². The van der Waals surface area contributed by atoms with E-state index in [0.717, 1.165) is 12.1 Å². The summed E-state index contributed by atoms with van der Waals surface area (Å²) in [6.07, 6.45) is 0. The van der Waals surface area contributed by atoms with E-state index in [9.17, 15) is 13.6 Å². The highest BCUT2D eigenvalue weighted by Crippen LogP contribution is 2.29. The van der Waals surface area contributed by atoms with Crippen LogP contribution in [0.1, 0.15) is 11.3 Å². The summed E-state index contributed by atoms with van der Waals surface area (Å²) < 4.78 is 49.7. The molecule has 0 bridgehead atoms. The Bertz CT molecular complexity index is 1290. The lowest BCUT2D eigenvalue weighted by Gasteiger charge is -2.11. The minimum Gasteiger partial charge on any atom is -0.497 e. The van der Waals surface area contributed by atoms with E-state index in [-0.39, 0.29) is 40.1 Å². The Morgan fingerprint density at radius 1 is 0.903 bits per heavy atom. The number of methoxy groups -OCH3 is 1. The van der Waals surface area contributed by atoms with Gasteiger partial charge in [0.1, 0.15) is 46.8 Å². The second-order valence-electron chi connectivity index (χ2n) is 6.74. The molecule has 1 heterocycles. The van der Waals surface area contributed by atoms with Crippen molar-refractivity contribution < 1.29 is 27.4 Å². The molecule has 0 amide bonds. The van der Waals surface area contributed by atoms with Crippen molar-refractivity contribution in [3.8, 4) is 23.0 Å². The van der Waals surface area contributed by atoms with Crippen LogP contribution in [-0.2, 0) is 6.61 Å². The standard InChI is InChI=1S/C24H18F2O5/c1-14-24(31-17-6-3-5-15(11-17)28-2)23(27)18-10-9-16(12-22(18)30-14)29-13-19-20(25)7-4-8-21(19)26/h3-12H,13H2,1-2H3. The highest BCUT2D eigenvalue weighted by Gasteiger charge is 2.15. The molecule has 0 aliphatic carbocycles. The van der Waals surface area contributed by atoms with Crippen LogP contribution in [0.15, 0.2) is 69.9 Å². The molecular formula is C24H18F2O5. The van der Waals surface area contributed by atoms with Gasteiger partial charge in [0, 0.05) is 12.1 Å². The fraction of sp³-hybridized carbons (Fsp3) is 0.125. The zero-order valence-corrected chi connectivity index (χ0v) is 16.8. The Morgan fingerprint density at radius 3 is 2.35 bits per heavy atom. The van der Waals surface area contributed by atoms with Gasteiger partial charge in [-0.3, -0.25) is 4.79 Å². The van der Waals surface area contributed by atoms with E-state index in [2.05, 4.69) is 0 Å². The number of halogens is 2. The maximum atomic E-state index is 13.8. The van der Waals surface area contributed by atoms with E-state index in [1.807, 2.05) is 0 Å². The summed E-state index contributed by atoms with van der Waals surface area (Å²) >= 11 is 0. The highest BCUT2D eigenvalue weighted by molar-refractivity contribution is 5.79. The Labute approximate surface area is 176 Å². The van der Waals surface area contributed by atoms with Gasteiger partial charge in [0.2, 0.25) is 11.2 Å². The largest absolute Gasteiger partial charge is 0.497 e. The first-order chi connectivity index (χ1) is 15.0. The number of hydrogen-bond acceptors (Lipinski definition) is 5. The van der Waals surface area contributed by atoms with Crippen molar-refractivity contribution in [1.82, 2.24) is 0 Å². The van der Waals surface area contributed by atoms with E-state index in [0.29, 0.717) is 17.2 Å². The maximum Gasteiger partial charge on any atom is 0.235 e. The third-order valence-corrected chi connectivity index (χ3v) is 4.69. The summed E-state index contributed by atoms with van der Waals surface area (Å²) in [5.74, 6) is 0.277. The van der Waals surface area contributed by atoms with Gasteiger partial charge in [-0.2, -0.15) is 0 Å². The molecule has 0 unspecified atom stereocenters. The Kier molecular flexibility index (Phi) is 5.58. The summed E-state index contributed by atoms with van der Waals surface area (Å²) in [4.78, 5) is 12.9. The molecule has 0 saturated heterocycles. The summed E-state index contributed by atoms with van der Waals surface area (Å²) in [5.41, 5.74) is -0.262. The van der Waals surface area contributed by atoms with Gasteiger partial charge in [-0.15, -0.1) is 0 Å². The van der Waals surface area contributed by atoms with Gasteiger partial charge in [0.05, 0.1) is 18.1 Å². The predicted molar refractivity (Wildman–Crippen MR) is 111 cm³/mol. The number of benzene rings is 3. The van der Waals surface area contributed by atoms with Crippen LogP contribution in [0.4, 0.5) is 8.78 Å². The Morgan fingerprint density at radius 2 is 1.61 bits per heavy atom. The molecule has 5 nitrogen and oxygen atoms in total. The van der Waals surface area contributed by atoms with Gasteiger partial charge in [0.15, 0.2) is 0 Å². The average Bonchev–Trinajstić information content (AvgIpc) is 2.76. The van der Waals surface area contributed by atoms with E-state index in [4.69, 9.17) is 18.6 Å². The summed E-state index contributed by atoms with van der Waals surface area (Å²) in [5, 5.41) is 0.285. The van der Waals surface area contributed by atoms with Crippen LogP contribution in [0.25, 0.3) is 11.0 Å². The monoisotopic (exact) mass is 424 g/mol. The summed E-state index contributed by atoms with van der Waals surface area (Å²) in [7, 11) is 1.54. The number of rotatable bonds is 6. The molecule has 1 aromatic heterocycles. The normalized spacial score (nSPS) is 10.8. The minimum absolute atomic E-state index is 0.0582. The molecule has 3 aromatic carbocycles. The Balaban J connectivity index is 1.62. The van der Waals surface area contributed by atoms with Gasteiger partial charge in [-0.25, -0.2) is 8.78 Å². The molecule has 0 saturated carbocycles. The SMILES string of the molecule is COc1cccc(Oc2c(C)oc3cc(OCc4c(F)cccc4F)ccc3c2=O)c1. The maximum absolute atomic E-state index is 13.8. The Hall–Kier alpha value is -3.87. The highest BCUT2D eigenvalue weighted by atomic mass is 19.1. The van der Waals surface area contributed by atoms with E-state index < -0.39 is 11.6 Å². The van der Waals surface area contributed by atoms with Crippen molar-refractivity contribution in [2.75, 3.05) is 7.11 Å². The molecule has 31 heavy (non-hydrogen) atoms. The van der Waals surface area contributed by atoms with E-state index in [1.54, 1.807) is 31.2 Å². The van der Waals surface area contributed by atoms with Crippen LogP contribution in [0.5, 0.6) is 23.0 Å². The molecule has 0 atom stereocenters. The first-order valence-electron chi connectivity index (χ1n) is 9.41. The molecule has 0 aliphatic heterocycles. The molecule has 0 fully saturated rings. The fourth-order valence-electron chi connectivity index (χ4n) is 3.08. The second-order valence-corrected chi connectivity index (χ2v) is 6.74. The zero-order valence-electron chi connectivity index (χ0n) is 16.8. The number of aryl methyl sites for hydroxylation is 1. The van der Waals surface area contributed by atoms with E-state index >= 15 is 0 Å².